The van der Waals surface area contributed by atoms with E-state index in [4.69, 9.17) is 0 Å². The van der Waals surface area contributed by atoms with E-state index in [0.717, 1.165) is 44.7 Å². The topological polar surface area (TPSA) is 63.1 Å². The summed E-state index contributed by atoms with van der Waals surface area (Å²) in [4.78, 5) is 14.9. The molecule has 1 aliphatic rings. The molecule has 0 bridgehead atoms. The van der Waals surface area contributed by atoms with E-state index in [-0.39, 0.29) is 11.8 Å². The van der Waals surface area contributed by atoms with Gasteiger partial charge in [0.15, 0.2) is 5.82 Å². The molecule has 0 unspecified atom stereocenters. The number of carbonyl (C=O) groups excluding carboxylic acids is 1. The second-order valence-electron chi connectivity index (χ2n) is 7.30. The van der Waals surface area contributed by atoms with Crippen molar-refractivity contribution in [2.24, 2.45) is 5.92 Å². The van der Waals surface area contributed by atoms with Crippen LogP contribution in [0.4, 0.5) is 0 Å². The summed E-state index contributed by atoms with van der Waals surface area (Å²) < 4.78 is 2.02. The van der Waals surface area contributed by atoms with E-state index in [2.05, 4.69) is 46.4 Å². The van der Waals surface area contributed by atoms with Gasteiger partial charge in [0.1, 0.15) is 6.33 Å². The van der Waals surface area contributed by atoms with E-state index >= 15 is 0 Å². The maximum Gasteiger partial charge on any atom is 0.223 e. The predicted octanol–water partition coefficient (Wildman–Crippen LogP) is 2.26. The molecule has 1 amide bonds. The smallest absolute Gasteiger partial charge is 0.223 e. The van der Waals surface area contributed by atoms with Crippen LogP contribution in [0.25, 0.3) is 0 Å². The minimum absolute atomic E-state index is 0.116. The van der Waals surface area contributed by atoms with Gasteiger partial charge in [-0.2, -0.15) is 0 Å². The highest BCUT2D eigenvalue weighted by Crippen LogP contribution is 2.19. The summed E-state index contributed by atoms with van der Waals surface area (Å²) in [5, 5.41) is 11.2. The zero-order chi connectivity index (χ0) is 18.4. The van der Waals surface area contributed by atoms with Crippen LogP contribution < -0.4 is 5.32 Å². The molecule has 6 heteroatoms. The van der Waals surface area contributed by atoms with E-state index < -0.39 is 0 Å². The van der Waals surface area contributed by atoms with Crippen molar-refractivity contribution in [3.63, 3.8) is 0 Å². The molecule has 0 saturated carbocycles. The summed E-state index contributed by atoms with van der Waals surface area (Å²) in [6, 6.07) is 10.9. The highest BCUT2D eigenvalue weighted by Gasteiger charge is 2.26. The number of benzene rings is 1. The standard InChI is InChI=1S/C20H29N5O/c1-16(2)24-12-9-18(10-13-24)20(26)21-14-19-23-22-15-25(19)11-8-17-6-4-3-5-7-17/h3-7,15-16,18H,8-14H2,1-2H3,(H,21,26). The first-order chi connectivity index (χ1) is 12.6. The fourth-order valence-electron chi connectivity index (χ4n) is 3.49. The third-order valence-corrected chi connectivity index (χ3v) is 5.23. The van der Waals surface area contributed by atoms with Gasteiger partial charge >= 0.3 is 0 Å². The Hall–Kier alpha value is -2.21. The lowest BCUT2D eigenvalue weighted by molar-refractivity contribution is -0.126. The van der Waals surface area contributed by atoms with Crippen molar-refractivity contribution in [1.29, 1.82) is 0 Å². The Morgan fingerprint density at radius 3 is 2.65 bits per heavy atom. The lowest BCUT2D eigenvalue weighted by Crippen LogP contribution is -2.43. The van der Waals surface area contributed by atoms with Gasteiger partial charge in [-0.1, -0.05) is 30.3 Å². The summed E-state index contributed by atoms with van der Waals surface area (Å²) in [7, 11) is 0. The molecule has 1 aromatic carbocycles. The molecule has 6 nitrogen and oxygen atoms in total. The van der Waals surface area contributed by atoms with Crippen molar-refractivity contribution >= 4 is 5.91 Å². The van der Waals surface area contributed by atoms with Crippen LogP contribution in [0.2, 0.25) is 0 Å². The summed E-state index contributed by atoms with van der Waals surface area (Å²) in [5.41, 5.74) is 1.29. The zero-order valence-electron chi connectivity index (χ0n) is 15.8. The minimum Gasteiger partial charge on any atom is -0.349 e. The van der Waals surface area contributed by atoms with E-state index in [0.29, 0.717) is 12.6 Å². The summed E-state index contributed by atoms with van der Waals surface area (Å²) in [5.74, 6) is 1.07. The quantitative estimate of drug-likeness (QED) is 0.827. The van der Waals surface area contributed by atoms with Crippen molar-refractivity contribution in [2.45, 2.75) is 52.2 Å². The first kappa shape index (κ1) is 18.6. The van der Waals surface area contributed by atoms with Crippen molar-refractivity contribution < 1.29 is 4.79 Å². The van der Waals surface area contributed by atoms with Crippen LogP contribution in [0.15, 0.2) is 36.7 Å². The van der Waals surface area contributed by atoms with Crippen molar-refractivity contribution in [2.75, 3.05) is 13.1 Å². The molecule has 0 aliphatic carbocycles. The monoisotopic (exact) mass is 355 g/mol. The lowest BCUT2D eigenvalue weighted by atomic mass is 9.95. The molecule has 2 aromatic rings. The number of nitrogens with zero attached hydrogens (tertiary/aromatic N) is 4. The molecule has 1 aromatic heterocycles. The first-order valence-electron chi connectivity index (χ1n) is 9.56. The second-order valence-corrected chi connectivity index (χ2v) is 7.30. The number of aromatic nitrogens is 3. The van der Waals surface area contributed by atoms with Crippen LogP contribution in [-0.4, -0.2) is 44.7 Å². The Morgan fingerprint density at radius 1 is 1.23 bits per heavy atom. The zero-order valence-corrected chi connectivity index (χ0v) is 15.8. The molecular formula is C20H29N5O. The number of likely N-dealkylation sites (tertiary alicyclic amines) is 1. The summed E-state index contributed by atoms with van der Waals surface area (Å²) in [6.45, 7) is 7.68. The molecule has 0 spiro atoms. The van der Waals surface area contributed by atoms with Gasteiger partial charge in [0, 0.05) is 18.5 Å². The van der Waals surface area contributed by atoms with Crippen molar-refractivity contribution in [1.82, 2.24) is 25.0 Å². The molecule has 3 rings (SSSR count). The maximum absolute atomic E-state index is 12.5. The molecule has 140 valence electrons. The van der Waals surface area contributed by atoms with Crippen molar-refractivity contribution in [3.05, 3.63) is 48.0 Å². The number of hydrogen-bond donors (Lipinski definition) is 1. The summed E-state index contributed by atoms with van der Waals surface area (Å²) >= 11 is 0. The average Bonchev–Trinajstić information content (AvgIpc) is 3.12. The third kappa shape index (κ3) is 4.91. The number of hydrogen-bond acceptors (Lipinski definition) is 4. The minimum atomic E-state index is 0.116. The summed E-state index contributed by atoms with van der Waals surface area (Å²) in [6.07, 6.45) is 4.54. The van der Waals surface area contributed by atoms with E-state index in [1.165, 1.54) is 5.56 Å². The Morgan fingerprint density at radius 2 is 1.96 bits per heavy atom. The fourth-order valence-corrected chi connectivity index (χ4v) is 3.49. The number of aryl methyl sites for hydroxylation is 2. The van der Waals surface area contributed by atoms with Gasteiger partial charge in [0.2, 0.25) is 5.91 Å². The van der Waals surface area contributed by atoms with Crippen LogP contribution >= 0.6 is 0 Å². The van der Waals surface area contributed by atoms with Crippen LogP contribution in [0, 0.1) is 5.92 Å². The number of piperidine rings is 1. The molecule has 1 aliphatic heterocycles. The van der Waals surface area contributed by atoms with Gasteiger partial charge < -0.3 is 14.8 Å². The second kappa shape index (κ2) is 8.94. The molecule has 1 saturated heterocycles. The first-order valence-corrected chi connectivity index (χ1v) is 9.56. The van der Waals surface area contributed by atoms with Crippen LogP contribution in [0.5, 0.6) is 0 Å². The molecule has 1 fully saturated rings. The number of carbonyl (C=O) groups is 1. The molecule has 0 radical (unpaired) electrons. The highest BCUT2D eigenvalue weighted by atomic mass is 16.1. The third-order valence-electron chi connectivity index (χ3n) is 5.23. The number of amides is 1. The van der Waals surface area contributed by atoms with Gasteiger partial charge in [-0.05, 0) is 51.8 Å². The fraction of sp³-hybridized carbons (Fsp3) is 0.550. The van der Waals surface area contributed by atoms with Gasteiger partial charge in [0.25, 0.3) is 0 Å². The Balaban J connectivity index is 1.46. The molecular weight excluding hydrogens is 326 g/mol. The van der Waals surface area contributed by atoms with Gasteiger partial charge in [-0.3, -0.25) is 4.79 Å². The Kier molecular flexibility index (Phi) is 6.39. The van der Waals surface area contributed by atoms with Crippen LogP contribution in [0.3, 0.4) is 0 Å². The Bertz CT molecular complexity index is 689. The molecule has 0 atom stereocenters. The molecule has 1 N–H and O–H groups in total. The Labute approximate surface area is 155 Å². The van der Waals surface area contributed by atoms with E-state index in [1.54, 1.807) is 6.33 Å². The molecule has 26 heavy (non-hydrogen) atoms. The normalized spacial score (nSPS) is 16.1. The van der Waals surface area contributed by atoms with Gasteiger partial charge in [-0.25, -0.2) is 0 Å². The maximum atomic E-state index is 12.5. The lowest BCUT2D eigenvalue weighted by Gasteiger charge is -2.33. The average molecular weight is 355 g/mol. The van der Waals surface area contributed by atoms with Crippen LogP contribution in [-0.2, 0) is 24.3 Å². The highest BCUT2D eigenvalue weighted by molar-refractivity contribution is 5.78. The predicted molar refractivity (Wildman–Crippen MR) is 101 cm³/mol. The number of nitrogens with one attached hydrogen (secondary N) is 1. The van der Waals surface area contributed by atoms with E-state index in [1.807, 2.05) is 22.8 Å². The van der Waals surface area contributed by atoms with E-state index in [9.17, 15) is 4.79 Å². The van der Waals surface area contributed by atoms with Gasteiger partial charge in [0.05, 0.1) is 6.54 Å². The number of rotatable bonds is 7. The van der Waals surface area contributed by atoms with Gasteiger partial charge in [-0.15, -0.1) is 10.2 Å². The molecule has 2 heterocycles. The van der Waals surface area contributed by atoms with Crippen molar-refractivity contribution in [3.8, 4) is 0 Å². The van der Waals surface area contributed by atoms with Crippen LogP contribution in [0.1, 0.15) is 38.1 Å². The SMILES string of the molecule is CC(C)N1CCC(C(=O)NCc2nncn2CCc2ccccc2)CC1. The largest absolute Gasteiger partial charge is 0.349 e.